The lowest BCUT2D eigenvalue weighted by atomic mass is 10.1. The van der Waals surface area contributed by atoms with E-state index in [9.17, 15) is 0 Å². The zero-order chi connectivity index (χ0) is 11.3. The summed E-state index contributed by atoms with van der Waals surface area (Å²) >= 11 is 9.66. The van der Waals surface area contributed by atoms with Gasteiger partial charge in [0.2, 0.25) is 0 Å². The molecule has 0 saturated heterocycles. The Morgan fingerprint density at radius 1 is 1.12 bits per heavy atom. The van der Waals surface area contributed by atoms with Crippen LogP contribution in [-0.4, -0.2) is 0 Å². The smallest absolute Gasteiger partial charge is 0.154 e. The van der Waals surface area contributed by atoms with Crippen molar-refractivity contribution in [3.8, 4) is 0 Å². The maximum Gasteiger partial charge on any atom is 0.154 e. The average molecular weight is 296 g/mol. The average Bonchev–Trinajstić information content (AvgIpc) is 2.59. The van der Waals surface area contributed by atoms with Crippen molar-refractivity contribution in [1.82, 2.24) is 0 Å². The van der Waals surface area contributed by atoms with Crippen LogP contribution in [0.5, 0.6) is 0 Å². The Bertz CT molecular complexity index is 700. The summed E-state index contributed by atoms with van der Waals surface area (Å²) in [6.45, 7) is 2.03. The Morgan fingerprint density at radius 2 is 1.94 bits per heavy atom. The first-order valence-electron chi connectivity index (χ1n) is 4.93. The fourth-order valence-electron chi connectivity index (χ4n) is 1.96. The van der Waals surface area contributed by atoms with Crippen LogP contribution in [-0.2, 0) is 0 Å². The van der Waals surface area contributed by atoms with Crippen molar-refractivity contribution in [2.45, 2.75) is 6.92 Å². The van der Waals surface area contributed by atoms with Crippen LogP contribution >= 0.6 is 27.5 Å². The van der Waals surface area contributed by atoms with Gasteiger partial charge in [0, 0.05) is 10.8 Å². The van der Waals surface area contributed by atoms with Gasteiger partial charge in [-0.25, -0.2) is 0 Å². The van der Waals surface area contributed by atoms with Crippen molar-refractivity contribution in [3.05, 3.63) is 45.4 Å². The molecule has 0 saturated carbocycles. The van der Waals surface area contributed by atoms with Gasteiger partial charge in [0.25, 0.3) is 0 Å². The van der Waals surface area contributed by atoms with Crippen LogP contribution in [0.3, 0.4) is 0 Å². The van der Waals surface area contributed by atoms with Crippen molar-refractivity contribution >= 4 is 49.5 Å². The van der Waals surface area contributed by atoms with Crippen molar-refractivity contribution < 1.29 is 4.42 Å². The summed E-state index contributed by atoms with van der Waals surface area (Å²) in [6.07, 6.45) is 0. The number of para-hydroxylation sites is 1. The Kier molecular flexibility index (Phi) is 2.23. The number of rotatable bonds is 0. The number of hydrogen-bond donors (Lipinski definition) is 0. The van der Waals surface area contributed by atoms with E-state index in [2.05, 4.69) is 22.0 Å². The molecule has 0 spiro atoms. The maximum absolute atomic E-state index is 6.18. The topological polar surface area (TPSA) is 13.1 Å². The number of fused-ring (bicyclic) bond motifs is 3. The van der Waals surface area contributed by atoms with E-state index in [1.165, 1.54) is 0 Å². The SMILES string of the molecule is Cc1cc(Cl)c2oc3c(Br)cccc3c2c1. The highest BCUT2D eigenvalue weighted by Crippen LogP contribution is 2.37. The van der Waals surface area contributed by atoms with Gasteiger partial charge in [0.05, 0.1) is 9.50 Å². The lowest BCUT2D eigenvalue weighted by molar-refractivity contribution is 0.667. The van der Waals surface area contributed by atoms with Gasteiger partial charge in [0.15, 0.2) is 5.58 Å². The molecule has 1 nitrogen and oxygen atoms in total. The van der Waals surface area contributed by atoms with Crippen LogP contribution in [0.2, 0.25) is 5.02 Å². The minimum Gasteiger partial charge on any atom is -0.453 e. The third-order valence-electron chi connectivity index (χ3n) is 2.65. The minimum atomic E-state index is 0.665. The molecule has 1 heterocycles. The van der Waals surface area contributed by atoms with Crippen molar-refractivity contribution in [3.63, 3.8) is 0 Å². The molecular formula is C13H8BrClO. The molecule has 3 rings (SSSR count). The summed E-state index contributed by atoms with van der Waals surface area (Å²) in [5.41, 5.74) is 2.75. The second-order valence-corrected chi connectivity index (χ2v) is 5.10. The number of benzene rings is 2. The van der Waals surface area contributed by atoms with E-state index in [4.69, 9.17) is 16.0 Å². The van der Waals surface area contributed by atoms with E-state index >= 15 is 0 Å². The largest absolute Gasteiger partial charge is 0.453 e. The molecule has 16 heavy (non-hydrogen) atoms. The highest BCUT2D eigenvalue weighted by atomic mass is 79.9. The quantitative estimate of drug-likeness (QED) is 0.548. The Balaban J connectivity index is 2.61. The summed E-state index contributed by atoms with van der Waals surface area (Å²) in [5, 5.41) is 2.83. The lowest BCUT2D eigenvalue weighted by Gasteiger charge is -1.95. The third-order valence-corrected chi connectivity index (χ3v) is 3.55. The molecule has 0 N–H and O–H groups in total. The van der Waals surface area contributed by atoms with Crippen LogP contribution in [0.4, 0.5) is 0 Å². The molecule has 0 amide bonds. The van der Waals surface area contributed by atoms with E-state index in [0.29, 0.717) is 5.02 Å². The lowest BCUT2D eigenvalue weighted by Crippen LogP contribution is -1.73. The first-order chi connectivity index (χ1) is 7.66. The number of furan rings is 1. The van der Waals surface area contributed by atoms with Crippen LogP contribution in [0.25, 0.3) is 21.9 Å². The molecule has 80 valence electrons. The van der Waals surface area contributed by atoms with E-state index in [1.807, 2.05) is 31.2 Å². The molecule has 3 heteroatoms. The molecular weight excluding hydrogens is 287 g/mol. The summed E-state index contributed by atoms with van der Waals surface area (Å²) in [6, 6.07) is 10.0. The fraction of sp³-hybridized carbons (Fsp3) is 0.0769. The predicted molar refractivity (Wildman–Crippen MR) is 71.2 cm³/mol. The molecule has 0 aliphatic rings. The second kappa shape index (κ2) is 3.51. The molecule has 0 fully saturated rings. The van der Waals surface area contributed by atoms with Crippen LogP contribution in [0, 0.1) is 6.92 Å². The monoisotopic (exact) mass is 294 g/mol. The van der Waals surface area contributed by atoms with Gasteiger partial charge in [-0.2, -0.15) is 0 Å². The number of aryl methyl sites for hydroxylation is 1. The third kappa shape index (κ3) is 1.37. The Hall–Kier alpha value is -0.990. The normalized spacial score (nSPS) is 11.4. The number of hydrogen-bond acceptors (Lipinski definition) is 1. The van der Waals surface area contributed by atoms with Gasteiger partial charge in [-0.1, -0.05) is 23.7 Å². The van der Waals surface area contributed by atoms with Gasteiger partial charge in [-0.15, -0.1) is 0 Å². The molecule has 0 radical (unpaired) electrons. The zero-order valence-corrected chi connectivity index (χ0v) is 10.9. The molecule has 0 bridgehead atoms. The maximum atomic E-state index is 6.18. The summed E-state index contributed by atoms with van der Waals surface area (Å²) in [4.78, 5) is 0. The molecule has 1 aromatic heterocycles. The van der Waals surface area contributed by atoms with E-state index in [0.717, 1.165) is 32.0 Å². The highest BCUT2D eigenvalue weighted by Gasteiger charge is 2.12. The Morgan fingerprint density at radius 3 is 2.75 bits per heavy atom. The highest BCUT2D eigenvalue weighted by molar-refractivity contribution is 9.10. The summed E-state index contributed by atoms with van der Waals surface area (Å²) in [5.74, 6) is 0. The Labute approximate surface area is 106 Å². The molecule has 0 aliphatic heterocycles. The van der Waals surface area contributed by atoms with Gasteiger partial charge in [0.1, 0.15) is 5.58 Å². The van der Waals surface area contributed by atoms with Crippen LogP contribution in [0.1, 0.15) is 5.56 Å². The van der Waals surface area contributed by atoms with Crippen molar-refractivity contribution in [2.75, 3.05) is 0 Å². The second-order valence-electron chi connectivity index (χ2n) is 3.84. The molecule has 3 aromatic rings. The standard InChI is InChI=1S/C13H8BrClO/c1-7-5-9-8-3-2-4-10(14)12(8)16-13(9)11(15)6-7/h2-6H,1H3. The summed E-state index contributed by atoms with van der Waals surface area (Å²) < 4.78 is 6.74. The van der Waals surface area contributed by atoms with E-state index in [1.54, 1.807) is 0 Å². The molecule has 0 unspecified atom stereocenters. The van der Waals surface area contributed by atoms with Crippen molar-refractivity contribution in [1.29, 1.82) is 0 Å². The van der Waals surface area contributed by atoms with Gasteiger partial charge < -0.3 is 4.42 Å². The van der Waals surface area contributed by atoms with Gasteiger partial charge in [-0.3, -0.25) is 0 Å². The minimum absolute atomic E-state index is 0.665. The molecule has 0 atom stereocenters. The van der Waals surface area contributed by atoms with E-state index < -0.39 is 0 Å². The molecule has 0 aliphatic carbocycles. The van der Waals surface area contributed by atoms with Crippen LogP contribution < -0.4 is 0 Å². The first kappa shape index (κ1) is 10.2. The van der Waals surface area contributed by atoms with E-state index in [-0.39, 0.29) is 0 Å². The fourth-order valence-corrected chi connectivity index (χ4v) is 2.72. The molecule has 2 aromatic carbocycles. The van der Waals surface area contributed by atoms with Gasteiger partial charge in [-0.05, 0) is 46.6 Å². The van der Waals surface area contributed by atoms with Crippen molar-refractivity contribution in [2.24, 2.45) is 0 Å². The predicted octanol–water partition coefficient (Wildman–Crippen LogP) is 5.31. The zero-order valence-electron chi connectivity index (χ0n) is 8.55. The first-order valence-corrected chi connectivity index (χ1v) is 6.11. The number of halogens is 2. The van der Waals surface area contributed by atoms with Gasteiger partial charge >= 0.3 is 0 Å². The summed E-state index contributed by atoms with van der Waals surface area (Å²) in [7, 11) is 0. The van der Waals surface area contributed by atoms with Crippen LogP contribution in [0.15, 0.2) is 39.2 Å².